The van der Waals surface area contributed by atoms with Gasteiger partial charge in [-0.05, 0) is 30.3 Å². The van der Waals surface area contributed by atoms with Crippen molar-refractivity contribution in [1.29, 1.82) is 0 Å². The maximum Gasteiger partial charge on any atom is 0.270 e. The van der Waals surface area contributed by atoms with Crippen molar-refractivity contribution >= 4 is 29.0 Å². The molecular weight excluding hydrogens is 408 g/mol. The Kier molecular flexibility index (Phi) is 5.53. The second-order valence-electron chi connectivity index (χ2n) is 6.71. The van der Waals surface area contributed by atoms with Gasteiger partial charge in [-0.25, -0.2) is 0 Å². The van der Waals surface area contributed by atoms with Crippen molar-refractivity contribution in [2.24, 2.45) is 0 Å². The normalized spacial score (nSPS) is 13.9. The number of pyridine rings is 1. The Morgan fingerprint density at radius 3 is 2.33 bits per heavy atom. The molecule has 0 atom stereocenters. The van der Waals surface area contributed by atoms with E-state index >= 15 is 0 Å². The molecule has 3 heterocycles. The van der Waals surface area contributed by atoms with Crippen molar-refractivity contribution in [3.05, 3.63) is 75.6 Å². The van der Waals surface area contributed by atoms with Gasteiger partial charge in [0, 0.05) is 56.3 Å². The molecule has 30 heavy (non-hydrogen) atoms. The third-order valence-electron chi connectivity index (χ3n) is 4.91. The van der Waals surface area contributed by atoms with Crippen LogP contribution in [0.25, 0.3) is 11.3 Å². The Balaban J connectivity index is 1.40. The quantitative estimate of drug-likeness (QED) is 0.468. The number of amides is 1. The van der Waals surface area contributed by atoms with Crippen LogP contribution in [-0.4, -0.2) is 57.1 Å². The van der Waals surface area contributed by atoms with E-state index in [1.54, 1.807) is 17.3 Å². The number of hydrogen-bond acceptors (Lipinski definition) is 7. The van der Waals surface area contributed by atoms with Crippen molar-refractivity contribution in [3.63, 3.8) is 0 Å². The summed E-state index contributed by atoms with van der Waals surface area (Å²) < 4.78 is 0. The van der Waals surface area contributed by atoms with Crippen LogP contribution in [0, 0.1) is 10.1 Å². The minimum Gasteiger partial charge on any atom is -0.352 e. The van der Waals surface area contributed by atoms with Crippen LogP contribution < -0.4 is 4.90 Å². The zero-order valence-electron chi connectivity index (χ0n) is 15.8. The lowest BCUT2D eigenvalue weighted by Crippen LogP contribution is -2.49. The Morgan fingerprint density at radius 1 is 1.00 bits per heavy atom. The molecule has 0 spiro atoms. The number of halogens is 1. The van der Waals surface area contributed by atoms with E-state index in [4.69, 9.17) is 11.6 Å². The van der Waals surface area contributed by atoms with E-state index in [2.05, 4.69) is 20.1 Å². The minimum atomic E-state index is -0.542. The Hall–Kier alpha value is -3.59. The number of nitrogens with zero attached hydrogens (tertiary/aromatic N) is 6. The highest BCUT2D eigenvalue weighted by atomic mass is 35.5. The topological polar surface area (TPSA) is 105 Å². The smallest absolute Gasteiger partial charge is 0.270 e. The second-order valence-corrected chi connectivity index (χ2v) is 7.12. The molecule has 4 rings (SSSR count). The predicted molar refractivity (Wildman–Crippen MR) is 111 cm³/mol. The number of nitro benzene ring substituents is 1. The molecule has 0 radical (unpaired) electrons. The lowest BCUT2D eigenvalue weighted by Gasteiger charge is -2.35. The van der Waals surface area contributed by atoms with Crippen molar-refractivity contribution in [3.8, 4) is 11.3 Å². The van der Waals surface area contributed by atoms with Crippen LogP contribution >= 0.6 is 11.6 Å². The summed E-state index contributed by atoms with van der Waals surface area (Å²) in [4.78, 5) is 30.8. The highest BCUT2D eigenvalue weighted by Crippen LogP contribution is 2.25. The first kappa shape index (κ1) is 19.7. The Labute approximate surface area is 177 Å². The highest BCUT2D eigenvalue weighted by molar-refractivity contribution is 6.34. The van der Waals surface area contributed by atoms with Crippen LogP contribution in [0.2, 0.25) is 5.02 Å². The summed E-state index contributed by atoms with van der Waals surface area (Å²) >= 11 is 6.09. The summed E-state index contributed by atoms with van der Waals surface area (Å²) in [5.41, 5.74) is 1.83. The van der Waals surface area contributed by atoms with Crippen LogP contribution in [0.1, 0.15) is 10.4 Å². The number of anilines is 1. The molecular formula is C20H17ClN6O3. The molecule has 9 nitrogen and oxygen atoms in total. The third-order valence-corrected chi connectivity index (χ3v) is 5.22. The maximum absolute atomic E-state index is 12.8. The molecule has 1 fully saturated rings. The van der Waals surface area contributed by atoms with E-state index in [0.717, 1.165) is 17.1 Å². The lowest BCUT2D eigenvalue weighted by molar-refractivity contribution is -0.384. The van der Waals surface area contributed by atoms with Crippen molar-refractivity contribution in [2.75, 3.05) is 31.1 Å². The number of benzene rings is 1. The number of aromatic nitrogens is 3. The van der Waals surface area contributed by atoms with Gasteiger partial charge in [-0.15, -0.1) is 10.2 Å². The summed E-state index contributed by atoms with van der Waals surface area (Å²) in [5, 5.41) is 19.5. The fraction of sp³-hybridized carbons (Fsp3) is 0.200. The first-order valence-electron chi connectivity index (χ1n) is 9.25. The number of non-ortho nitro benzene ring substituents is 1. The number of nitro groups is 1. The average molecular weight is 425 g/mol. The zero-order valence-corrected chi connectivity index (χ0v) is 16.6. The van der Waals surface area contributed by atoms with E-state index in [1.165, 1.54) is 18.2 Å². The SMILES string of the molecule is O=C(c1ccc([N+](=O)[O-])cc1Cl)N1CCN(c2ccc(-c3ccncc3)nn2)CC1. The van der Waals surface area contributed by atoms with E-state index < -0.39 is 4.92 Å². The predicted octanol–water partition coefficient (Wildman–Crippen LogP) is 3.06. The molecule has 10 heteroatoms. The molecule has 0 unspecified atom stereocenters. The zero-order chi connectivity index (χ0) is 21.1. The summed E-state index contributed by atoms with van der Waals surface area (Å²) in [6.07, 6.45) is 3.41. The van der Waals surface area contributed by atoms with E-state index in [-0.39, 0.29) is 22.2 Å². The van der Waals surface area contributed by atoms with Gasteiger partial charge in [0.05, 0.1) is 21.2 Å². The number of rotatable bonds is 4. The van der Waals surface area contributed by atoms with Gasteiger partial charge >= 0.3 is 0 Å². The molecule has 1 saturated heterocycles. The Bertz CT molecular complexity index is 1070. The van der Waals surface area contributed by atoms with Crippen LogP contribution in [0.4, 0.5) is 11.5 Å². The molecule has 1 aliphatic heterocycles. The minimum absolute atomic E-state index is 0.0780. The van der Waals surface area contributed by atoms with Gasteiger partial charge in [0.2, 0.25) is 0 Å². The third kappa shape index (κ3) is 4.06. The van der Waals surface area contributed by atoms with Crippen molar-refractivity contribution in [1.82, 2.24) is 20.1 Å². The van der Waals surface area contributed by atoms with Gasteiger partial charge < -0.3 is 9.80 Å². The number of piperazine rings is 1. The monoisotopic (exact) mass is 424 g/mol. The second kappa shape index (κ2) is 8.42. The summed E-state index contributed by atoms with van der Waals surface area (Å²) in [7, 11) is 0. The van der Waals surface area contributed by atoms with E-state index in [1.807, 2.05) is 24.3 Å². The number of carbonyl (C=O) groups excluding carboxylic acids is 1. The van der Waals surface area contributed by atoms with Crippen molar-refractivity contribution in [2.45, 2.75) is 0 Å². The molecule has 0 bridgehead atoms. The molecule has 0 aliphatic carbocycles. The highest BCUT2D eigenvalue weighted by Gasteiger charge is 2.25. The first-order chi connectivity index (χ1) is 14.5. The first-order valence-corrected chi connectivity index (χ1v) is 9.63. The van der Waals surface area contributed by atoms with Crippen LogP contribution in [-0.2, 0) is 0 Å². The van der Waals surface area contributed by atoms with E-state index in [9.17, 15) is 14.9 Å². The average Bonchev–Trinajstić information content (AvgIpc) is 2.79. The number of hydrogen-bond donors (Lipinski definition) is 0. The van der Waals surface area contributed by atoms with Crippen LogP contribution in [0.3, 0.4) is 0 Å². The van der Waals surface area contributed by atoms with Crippen molar-refractivity contribution < 1.29 is 9.72 Å². The molecule has 1 aliphatic rings. The maximum atomic E-state index is 12.8. The molecule has 3 aromatic rings. The molecule has 0 saturated carbocycles. The fourth-order valence-corrected chi connectivity index (χ4v) is 3.53. The van der Waals surface area contributed by atoms with Gasteiger partial charge in [-0.1, -0.05) is 11.6 Å². The summed E-state index contributed by atoms with van der Waals surface area (Å²) in [5.74, 6) is 0.502. The molecule has 2 aromatic heterocycles. The van der Waals surface area contributed by atoms with Gasteiger partial charge in [0.25, 0.3) is 11.6 Å². The molecule has 1 amide bonds. The summed E-state index contributed by atoms with van der Waals surface area (Å²) in [6.45, 7) is 2.17. The molecule has 1 aromatic carbocycles. The van der Waals surface area contributed by atoms with Gasteiger partial charge in [-0.3, -0.25) is 19.9 Å². The molecule has 152 valence electrons. The molecule has 0 N–H and O–H groups in total. The Morgan fingerprint density at radius 2 is 1.73 bits per heavy atom. The van der Waals surface area contributed by atoms with Crippen LogP contribution in [0.5, 0.6) is 0 Å². The van der Waals surface area contributed by atoms with E-state index in [0.29, 0.717) is 26.2 Å². The largest absolute Gasteiger partial charge is 0.352 e. The number of carbonyl (C=O) groups is 1. The summed E-state index contributed by atoms with van der Waals surface area (Å²) in [6, 6.07) is 11.5. The van der Waals surface area contributed by atoms with Gasteiger partial charge in [0.15, 0.2) is 5.82 Å². The van der Waals surface area contributed by atoms with Gasteiger partial charge in [0.1, 0.15) is 0 Å². The van der Waals surface area contributed by atoms with Crippen LogP contribution in [0.15, 0.2) is 54.9 Å². The lowest BCUT2D eigenvalue weighted by atomic mass is 10.1. The fourth-order valence-electron chi connectivity index (χ4n) is 3.27. The standard InChI is InChI=1S/C20H17ClN6O3/c21-17-13-15(27(29)30)1-2-16(17)20(28)26-11-9-25(10-12-26)19-4-3-18(23-24-19)14-5-7-22-8-6-14/h1-8,13H,9-12H2. The van der Waals surface area contributed by atoms with Gasteiger partial charge in [-0.2, -0.15) is 0 Å².